The highest BCUT2D eigenvalue weighted by Gasteiger charge is 2.36. The maximum atomic E-state index is 12.0. The largest absolute Gasteiger partial charge is 0.461 e. The first-order valence-electron chi connectivity index (χ1n) is 7.96. The number of hydrogen-bond donors (Lipinski definition) is 2. The van der Waals surface area contributed by atoms with Gasteiger partial charge in [-0.3, -0.25) is 4.79 Å². The van der Waals surface area contributed by atoms with Gasteiger partial charge >= 0.3 is 0 Å². The van der Waals surface area contributed by atoms with Crippen molar-refractivity contribution in [2.45, 2.75) is 31.1 Å². The molecule has 1 saturated carbocycles. The Morgan fingerprint density at radius 2 is 2.04 bits per heavy atom. The Bertz CT molecular complexity index is 944. The van der Waals surface area contributed by atoms with E-state index in [9.17, 15) is 13.2 Å². The molecule has 6 nitrogen and oxygen atoms in total. The first kappa shape index (κ1) is 17.4. The monoisotopic (exact) mass is 360 g/mol. The molecule has 1 aliphatic rings. The second-order valence-corrected chi connectivity index (χ2v) is 7.94. The number of amides is 1. The van der Waals surface area contributed by atoms with Crippen molar-refractivity contribution >= 4 is 27.7 Å². The molecule has 3 rings (SSSR count). The van der Waals surface area contributed by atoms with E-state index in [2.05, 4.69) is 12.2 Å². The molecule has 3 N–H and O–H groups in total. The Hall–Kier alpha value is -2.38. The summed E-state index contributed by atoms with van der Waals surface area (Å²) >= 11 is 0. The first-order chi connectivity index (χ1) is 11.7. The average Bonchev–Trinajstić information content (AvgIpc) is 3.08. The van der Waals surface area contributed by atoms with E-state index >= 15 is 0 Å². The number of carbonyl (C=O) groups excluding carboxylic acids is 1. The van der Waals surface area contributed by atoms with Gasteiger partial charge < -0.3 is 9.73 Å². The van der Waals surface area contributed by atoms with E-state index in [-0.39, 0.29) is 10.8 Å². The molecule has 1 aliphatic carbocycles. The minimum absolute atomic E-state index is 0.0106. The predicted octanol–water partition coefficient (Wildman–Crippen LogP) is 3.01. The van der Waals surface area contributed by atoms with Crippen molar-refractivity contribution in [3.05, 3.63) is 53.5 Å². The van der Waals surface area contributed by atoms with Gasteiger partial charge in [0.25, 0.3) is 0 Å². The molecule has 0 aliphatic heterocycles. The molecule has 2 atom stereocenters. The lowest BCUT2D eigenvalue weighted by Crippen LogP contribution is -2.15. The van der Waals surface area contributed by atoms with Gasteiger partial charge in [-0.25, -0.2) is 13.6 Å². The zero-order valence-corrected chi connectivity index (χ0v) is 14.8. The van der Waals surface area contributed by atoms with E-state index in [0.29, 0.717) is 28.8 Å². The van der Waals surface area contributed by atoms with Crippen LogP contribution < -0.4 is 10.5 Å². The van der Waals surface area contributed by atoms with Gasteiger partial charge in [0.15, 0.2) is 0 Å². The van der Waals surface area contributed by atoms with Crippen molar-refractivity contribution in [3.63, 3.8) is 0 Å². The van der Waals surface area contributed by atoms with Gasteiger partial charge in [0.05, 0.1) is 4.90 Å². The summed E-state index contributed by atoms with van der Waals surface area (Å²) in [7, 11) is -3.84. The maximum Gasteiger partial charge on any atom is 0.248 e. The number of anilines is 1. The molecule has 1 heterocycles. The molecule has 2 unspecified atom stereocenters. The van der Waals surface area contributed by atoms with E-state index in [0.717, 1.165) is 12.2 Å². The van der Waals surface area contributed by atoms with E-state index in [1.165, 1.54) is 12.1 Å². The highest BCUT2D eigenvalue weighted by molar-refractivity contribution is 7.89. The van der Waals surface area contributed by atoms with Gasteiger partial charge in [-0.2, -0.15) is 0 Å². The molecular formula is C18H20N2O4S. The highest BCUT2D eigenvalue weighted by atomic mass is 32.2. The van der Waals surface area contributed by atoms with Gasteiger partial charge in [0.2, 0.25) is 15.9 Å². The number of furan rings is 1. The van der Waals surface area contributed by atoms with Crippen molar-refractivity contribution < 1.29 is 17.6 Å². The standard InChI is InChI=1S/C18H20N2O4S/c1-11-3-4-13(10-17(11)25(19,22)23)20-18(21)8-6-14-5-7-16(24-14)15-9-12(15)2/h3-8,10,12,15H,9H2,1-2H3,(H,20,21)(H2,19,22,23)/b8-6+. The SMILES string of the molecule is Cc1ccc(NC(=O)/C=C/c2ccc(C3CC3C)o2)cc1S(N)(=O)=O. The minimum Gasteiger partial charge on any atom is -0.461 e. The molecule has 0 bridgehead atoms. The average molecular weight is 360 g/mol. The van der Waals surface area contributed by atoms with E-state index in [1.807, 2.05) is 12.1 Å². The molecule has 0 spiro atoms. The maximum absolute atomic E-state index is 12.0. The van der Waals surface area contributed by atoms with Gasteiger partial charge in [-0.15, -0.1) is 0 Å². The van der Waals surface area contributed by atoms with Crippen LogP contribution in [-0.2, 0) is 14.8 Å². The molecule has 7 heteroatoms. The Morgan fingerprint density at radius 1 is 1.32 bits per heavy atom. The second-order valence-electron chi connectivity index (χ2n) is 6.41. The summed E-state index contributed by atoms with van der Waals surface area (Å²) in [5, 5.41) is 7.78. The van der Waals surface area contributed by atoms with Crippen LogP contribution >= 0.6 is 0 Å². The van der Waals surface area contributed by atoms with Crippen LogP contribution in [0.2, 0.25) is 0 Å². The number of primary sulfonamides is 1. The number of aryl methyl sites for hydroxylation is 1. The normalized spacial score (nSPS) is 20.0. The van der Waals surface area contributed by atoms with Crippen molar-refractivity contribution in [2.24, 2.45) is 11.1 Å². The van der Waals surface area contributed by atoms with Crippen LogP contribution in [-0.4, -0.2) is 14.3 Å². The lowest BCUT2D eigenvalue weighted by Gasteiger charge is -2.07. The van der Waals surface area contributed by atoms with Crippen LogP contribution in [0.1, 0.15) is 36.3 Å². The summed E-state index contributed by atoms with van der Waals surface area (Å²) in [6, 6.07) is 8.32. The Morgan fingerprint density at radius 3 is 2.68 bits per heavy atom. The van der Waals surface area contributed by atoms with E-state index in [4.69, 9.17) is 9.56 Å². The van der Waals surface area contributed by atoms with Crippen LogP contribution in [0.25, 0.3) is 6.08 Å². The molecule has 0 radical (unpaired) electrons. The lowest BCUT2D eigenvalue weighted by molar-refractivity contribution is -0.111. The Balaban J connectivity index is 1.67. The van der Waals surface area contributed by atoms with Crippen molar-refractivity contribution in [2.75, 3.05) is 5.32 Å². The fourth-order valence-electron chi connectivity index (χ4n) is 2.70. The summed E-state index contributed by atoms with van der Waals surface area (Å²) in [4.78, 5) is 12.0. The minimum atomic E-state index is -3.84. The smallest absolute Gasteiger partial charge is 0.248 e. The molecule has 132 valence electrons. The summed E-state index contributed by atoms with van der Waals surface area (Å²) < 4.78 is 28.7. The zero-order chi connectivity index (χ0) is 18.2. The van der Waals surface area contributed by atoms with Crippen molar-refractivity contribution in [1.82, 2.24) is 0 Å². The topological polar surface area (TPSA) is 102 Å². The summed E-state index contributed by atoms with van der Waals surface area (Å²) in [5.74, 6) is 2.31. The third-order valence-electron chi connectivity index (χ3n) is 4.28. The quantitative estimate of drug-likeness (QED) is 0.800. The van der Waals surface area contributed by atoms with Gasteiger partial charge in [-0.05, 0) is 55.2 Å². The molecule has 0 saturated heterocycles. The third kappa shape index (κ3) is 4.18. The van der Waals surface area contributed by atoms with Crippen LogP contribution in [0.5, 0.6) is 0 Å². The number of hydrogen-bond acceptors (Lipinski definition) is 4. The highest BCUT2D eigenvalue weighted by Crippen LogP contribution is 2.47. The Labute approximate surface area is 146 Å². The summed E-state index contributed by atoms with van der Waals surface area (Å²) in [5.41, 5.74) is 0.879. The first-order valence-corrected chi connectivity index (χ1v) is 9.51. The Kier molecular flexibility index (Phi) is 4.53. The number of benzene rings is 1. The summed E-state index contributed by atoms with van der Waals surface area (Å²) in [6.45, 7) is 3.81. The van der Waals surface area contributed by atoms with Crippen LogP contribution in [0.3, 0.4) is 0 Å². The molecule has 2 aromatic rings. The molecule has 1 aromatic carbocycles. The lowest BCUT2D eigenvalue weighted by atomic mass is 10.2. The summed E-state index contributed by atoms with van der Waals surface area (Å²) in [6.07, 6.45) is 4.06. The number of sulfonamides is 1. The van der Waals surface area contributed by atoms with E-state index < -0.39 is 10.0 Å². The number of nitrogens with two attached hydrogens (primary N) is 1. The van der Waals surface area contributed by atoms with Crippen molar-refractivity contribution in [3.8, 4) is 0 Å². The molecule has 1 amide bonds. The van der Waals surface area contributed by atoms with Crippen LogP contribution in [0, 0.1) is 12.8 Å². The number of rotatable bonds is 5. The number of nitrogens with one attached hydrogen (secondary N) is 1. The van der Waals surface area contributed by atoms with Gasteiger partial charge in [-0.1, -0.05) is 13.0 Å². The molecular weight excluding hydrogens is 340 g/mol. The molecule has 25 heavy (non-hydrogen) atoms. The second kappa shape index (κ2) is 6.50. The zero-order valence-electron chi connectivity index (χ0n) is 14.0. The van der Waals surface area contributed by atoms with Crippen molar-refractivity contribution in [1.29, 1.82) is 0 Å². The predicted molar refractivity (Wildman–Crippen MR) is 95.4 cm³/mol. The third-order valence-corrected chi connectivity index (χ3v) is 5.34. The fourth-order valence-corrected chi connectivity index (χ4v) is 3.51. The van der Waals surface area contributed by atoms with Gasteiger partial charge in [0, 0.05) is 17.7 Å². The van der Waals surface area contributed by atoms with Crippen LogP contribution in [0.4, 0.5) is 5.69 Å². The van der Waals surface area contributed by atoms with Crippen LogP contribution in [0.15, 0.2) is 45.7 Å². The molecule has 1 aromatic heterocycles. The van der Waals surface area contributed by atoms with Gasteiger partial charge in [0.1, 0.15) is 11.5 Å². The number of carbonyl (C=O) groups is 1. The van der Waals surface area contributed by atoms with E-state index in [1.54, 1.807) is 25.1 Å². The molecule has 1 fully saturated rings. The fraction of sp³-hybridized carbons (Fsp3) is 0.278.